The third-order valence-corrected chi connectivity index (χ3v) is 5.82. The first-order chi connectivity index (χ1) is 13.4. The maximum absolute atomic E-state index is 12.5. The Hall–Kier alpha value is -2.65. The molecule has 3 rings (SSSR count). The number of ether oxygens (including phenoxy) is 1. The number of thioether (sulfide) groups is 1. The van der Waals surface area contributed by atoms with Crippen LogP contribution >= 0.6 is 23.1 Å². The molecule has 1 amide bonds. The number of hydrogen-bond acceptors (Lipinski definition) is 7. The fourth-order valence-electron chi connectivity index (χ4n) is 2.39. The van der Waals surface area contributed by atoms with Crippen molar-refractivity contribution in [2.24, 2.45) is 4.99 Å². The van der Waals surface area contributed by atoms with Crippen LogP contribution in [0.1, 0.15) is 24.6 Å². The highest BCUT2D eigenvalue weighted by molar-refractivity contribution is 8.18. The van der Waals surface area contributed by atoms with Gasteiger partial charge in [-0.25, -0.2) is 9.78 Å². The molecule has 1 aliphatic heterocycles. The van der Waals surface area contributed by atoms with Gasteiger partial charge in [0.25, 0.3) is 5.91 Å². The molecule has 1 aromatic carbocycles. The summed E-state index contributed by atoms with van der Waals surface area (Å²) in [5.74, 6) is -0.651. The van der Waals surface area contributed by atoms with Crippen molar-refractivity contribution >= 4 is 51.4 Å². The number of carbonyl (C=O) groups is 2. The Morgan fingerprint density at radius 1 is 1.39 bits per heavy atom. The third kappa shape index (κ3) is 4.60. The zero-order chi connectivity index (χ0) is 20.3. The molecule has 0 spiro atoms. The number of nitrogens with zero attached hydrogens (tertiary/aromatic N) is 3. The molecule has 146 valence electrons. The third-order valence-electron chi connectivity index (χ3n) is 3.90. The van der Waals surface area contributed by atoms with E-state index in [9.17, 15) is 9.59 Å². The van der Waals surface area contributed by atoms with Crippen molar-refractivity contribution in [3.8, 4) is 5.75 Å². The van der Waals surface area contributed by atoms with Crippen LogP contribution in [-0.4, -0.2) is 45.2 Å². The summed E-state index contributed by atoms with van der Waals surface area (Å²) in [4.78, 5) is 34.4. The minimum absolute atomic E-state index is 0.130. The molecule has 2 aromatic rings. The topological polar surface area (TPSA) is 92.1 Å². The largest absolute Gasteiger partial charge is 0.479 e. The minimum Gasteiger partial charge on any atom is -0.479 e. The molecule has 7 nitrogen and oxygen atoms in total. The van der Waals surface area contributed by atoms with Crippen molar-refractivity contribution in [3.63, 3.8) is 0 Å². The van der Waals surface area contributed by atoms with E-state index in [1.54, 1.807) is 44.3 Å². The average molecular weight is 418 g/mol. The molecule has 1 unspecified atom stereocenters. The zero-order valence-corrected chi connectivity index (χ0v) is 17.2. The number of aliphatic imine (C=N–C) groups is 1. The molecule has 0 aliphatic carbocycles. The number of carboxylic acids is 1. The number of amides is 1. The van der Waals surface area contributed by atoms with Gasteiger partial charge < -0.3 is 9.84 Å². The van der Waals surface area contributed by atoms with Crippen LogP contribution in [0, 0.1) is 6.92 Å². The fourth-order valence-corrected chi connectivity index (χ4v) is 4.08. The van der Waals surface area contributed by atoms with Crippen LogP contribution in [0.25, 0.3) is 6.08 Å². The normalized spacial score (nSPS) is 18.1. The van der Waals surface area contributed by atoms with Crippen LogP contribution in [0.15, 0.2) is 39.5 Å². The van der Waals surface area contributed by atoms with Gasteiger partial charge >= 0.3 is 5.97 Å². The van der Waals surface area contributed by atoms with Crippen LogP contribution < -0.4 is 4.74 Å². The highest BCUT2D eigenvalue weighted by Gasteiger charge is 2.30. The Morgan fingerprint density at radius 2 is 2.11 bits per heavy atom. The second-order valence-corrected chi connectivity index (χ2v) is 7.91. The van der Waals surface area contributed by atoms with Gasteiger partial charge in [0, 0.05) is 12.4 Å². The summed E-state index contributed by atoms with van der Waals surface area (Å²) in [6, 6.07) is 6.95. The summed E-state index contributed by atoms with van der Waals surface area (Å²) >= 11 is 2.72. The first kappa shape index (κ1) is 20.1. The van der Waals surface area contributed by atoms with Crippen molar-refractivity contribution in [2.45, 2.75) is 26.4 Å². The lowest BCUT2D eigenvalue weighted by Gasteiger charge is -2.13. The maximum atomic E-state index is 12.5. The minimum atomic E-state index is -0.994. The number of carbonyl (C=O) groups excluding carboxylic acids is 1. The highest BCUT2D eigenvalue weighted by atomic mass is 32.2. The van der Waals surface area contributed by atoms with Gasteiger partial charge in [-0.1, -0.05) is 19.1 Å². The van der Waals surface area contributed by atoms with Crippen molar-refractivity contribution in [1.82, 2.24) is 9.88 Å². The van der Waals surface area contributed by atoms with Crippen LogP contribution in [0.4, 0.5) is 5.13 Å². The smallest absolute Gasteiger partial charge is 0.344 e. The maximum Gasteiger partial charge on any atom is 0.344 e. The Morgan fingerprint density at radius 3 is 2.68 bits per heavy atom. The molecule has 2 heterocycles. The van der Waals surface area contributed by atoms with E-state index < -0.39 is 12.1 Å². The van der Waals surface area contributed by atoms with E-state index in [4.69, 9.17) is 9.84 Å². The molecular formula is C19H19N3O4S2. The lowest BCUT2D eigenvalue weighted by Crippen LogP contribution is -2.25. The Balaban J connectivity index is 1.75. The molecule has 1 saturated heterocycles. The first-order valence-corrected chi connectivity index (χ1v) is 10.2. The Kier molecular flexibility index (Phi) is 6.15. The van der Waals surface area contributed by atoms with E-state index in [1.807, 2.05) is 12.3 Å². The van der Waals surface area contributed by atoms with Crippen LogP contribution in [-0.2, 0) is 9.59 Å². The molecule has 0 bridgehead atoms. The number of aliphatic carboxylic acids is 1. The highest BCUT2D eigenvalue weighted by Crippen LogP contribution is 2.34. The number of likely N-dealkylation sites (N-methyl/N-ethyl adjacent to an activating group) is 1. The van der Waals surface area contributed by atoms with Gasteiger partial charge in [0.2, 0.25) is 5.13 Å². The second kappa shape index (κ2) is 8.57. The van der Waals surface area contributed by atoms with Crippen molar-refractivity contribution in [1.29, 1.82) is 0 Å². The summed E-state index contributed by atoms with van der Waals surface area (Å²) in [5, 5.41) is 12.2. The standard InChI is InChI=1S/C19H19N3O4S2/c1-4-14(17(24)25)26-13-7-5-12(6-8-13)9-15-16(23)22(3)19(28-15)21-18-20-11(2)10-27-18/h5-10,14H,4H2,1-3H3,(H,24,25)/b15-9+,21-19+. The quantitative estimate of drug-likeness (QED) is 0.716. The van der Waals surface area contributed by atoms with Gasteiger partial charge in [-0.2, -0.15) is 4.99 Å². The number of aromatic nitrogens is 1. The van der Waals surface area contributed by atoms with E-state index in [0.717, 1.165) is 11.3 Å². The van der Waals surface area contributed by atoms with Gasteiger partial charge in [-0.15, -0.1) is 11.3 Å². The number of thiazole rings is 1. The number of carboxylic acid groups (broad SMARTS) is 1. The molecular weight excluding hydrogens is 398 g/mol. The molecule has 0 saturated carbocycles. The number of rotatable bonds is 6. The van der Waals surface area contributed by atoms with Crippen LogP contribution in [0.3, 0.4) is 0 Å². The molecule has 1 aliphatic rings. The number of aryl methyl sites for hydroxylation is 1. The summed E-state index contributed by atoms with van der Waals surface area (Å²) in [7, 11) is 1.68. The summed E-state index contributed by atoms with van der Waals surface area (Å²) < 4.78 is 5.45. The fraction of sp³-hybridized carbons (Fsp3) is 0.263. The Labute approximate surface area is 170 Å². The van der Waals surface area contributed by atoms with Gasteiger partial charge in [-0.05, 0) is 48.9 Å². The van der Waals surface area contributed by atoms with Crippen LogP contribution in [0.5, 0.6) is 5.75 Å². The number of amidine groups is 1. The van der Waals surface area contributed by atoms with Gasteiger partial charge in [-0.3, -0.25) is 9.69 Å². The molecule has 1 aromatic heterocycles. The SMILES string of the molecule is CCC(Oc1ccc(/C=C2/S/C(=N/c3nc(C)cs3)N(C)C2=O)cc1)C(=O)O. The summed E-state index contributed by atoms with van der Waals surface area (Å²) in [6.07, 6.45) is 1.27. The summed E-state index contributed by atoms with van der Waals surface area (Å²) in [6.45, 7) is 3.65. The van der Waals surface area contributed by atoms with E-state index in [2.05, 4.69) is 9.98 Å². The first-order valence-electron chi connectivity index (χ1n) is 8.55. The zero-order valence-electron chi connectivity index (χ0n) is 15.6. The monoisotopic (exact) mass is 417 g/mol. The van der Waals surface area contributed by atoms with Crippen molar-refractivity contribution in [3.05, 3.63) is 45.8 Å². The molecule has 1 N–H and O–H groups in total. The molecule has 1 fully saturated rings. The lowest BCUT2D eigenvalue weighted by atomic mass is 10.2. The van der Waals surface area contributed by atoms with Crippen molar-refractivity contribution < 1.29 is 19.4 Å². The second-order valence-electron chi connectivity index (χ2n) is 6.06. The molecule has 9 heteroatoms. The molecule has 28 heavy (non-hydrogen) atoms. The van der Waals surface area contributed by atoms with E-state index in [-0.39, 0.29) is 5.91 Å². The van der Waals surface area contributed by atoms with E-state index in [1.165, 1.54) is 28.0 Å². The molecule has 0 radical (unpaired) electrons. The predicted octanol–water partition coefficient (Wildman–Crippen LogP) is 3.93. The van der Waals surface area contributed by atoms with Gasteiger partial charge in [0.05, 0.1) is 10.6 Å². The van der Waals surface area contributed by atoms with E-state index >= 15 is 0 Å². The summed E-state index contributed by atoms with van der Waals surface area (Å²) in [5.41, 5.74) is 1.71. The number of hydrogen-bond donors (Lipinski definition) is 1. The predicted molar refractivity (Wildman–Crippen MR) is 111 cm³/mol. The molecule has 1 atom stereocenters. The van der Waals surface area contributed by atoms with Gasteiger partial charge in [0.15, 0.2) is 11.3 Å². The van der Waals surface area contributed by atoms with E-state index in [0.29, 0.717) is 27.4 Å². The van der Waals surface area contributed by atoms with Gasteiger partial charge in [0.1, 0.15) is 5.75 Å². The average Bonchev–Trinajstić information content (AvgIpc) is 3.19. The van der Waals surface area contributed by atoms with Crippen LogP contribution in [0.2, 0.25) is 0 Å². The lowest BCUT2D eigenvalue weighted by molar-refractivity contribution is -0.145. The Bertz CT molecular complexity index is 950. The number of benzene rings is 1. The van der Waals surface area contributed by atoms with Crippen molar-refractivity contribution in [2.75, 3.05) is 7.05 Å².